The van der Waals surface area contributed by atoms with Crippen LogP contribution in [0.25, 0.3) is 11.4 Å². The molecule has 0 spiro atoms. The minimum absolute atomic E-state index is 0.0423. The summed E-state index contributed by atoms with van der Waals surface area (Å²) in [6, 6.07) is 4.37. The van der Waals surface area contributed by atoms with Crippen molar-refractivity contribution < 1.29 is 9.13 Å². The molecule has 6 heteroatoms. The molecule has 98 valence electrons. The van der Waals surface area contributed by atoms with Crippen molar-refractivity contribution >= 4 is 17.4 Å². The van der Waals surface area contributed by atoms with Crippen molar-refractivity contribution in [2.75, 3.05) is 12.3 Å². The summed E-state index contributed by atoms with van der Waals surface area (Å²) >= 11 is 5.77. The third-order valence-corrected chi connectivity index (χ3v) is 3.32. The second-order valence-corrected chi connectivity index (χ2v) is 4.70. The number of fused-ring (bicyclic) bond motifs is 1. The van der Waals surface area contributed by atoms with E-state index in [-0.39, 0.29) is 5.02 Å². The molecule has 1 aliphatic rings. The zero-order chi connectivity index (χ0) is 13.4. The first kappa shape index (κ1) is 12.3. The van der Waals surface area contributed by atoms with Crippen LogP contribution in [0.15, 0.2) is 18.2 Å². The normalized spacial score (nSPS) is 14.2. The molecule has 1 aromatic heterocycles. The summed E-state index contributed by atoms with van der Waals surface area (Å²) in [6.07, 6.45) is 0.698. The molecule has 2 N–H and O–H groups in total. The number of hydrogen-bond acceptors (Lipinski definition) is 4. The topological polar surface area (TPSA) is 61.0 Å². The highest BCUT2D eigenvalue weighted by Crippen LogP contribution is 2.26. The molecule has 1 aliphatic heterocycles. The Hall–Kier alpha value is -1.72. The summed E-state index contributed by atoms with van der Waals surface area (Å²) in [5.41, 5.74) is 8.27. The summed E-state index contributed by atoms with van der Waals surface area (Å²) in [5.74, 6) is 0.393. The molecule has 0 amide bonds. The van der Waals surface area contributed by atoms with Crippen molar-refractivity contribution in [3.63, 3.8) is 0 Å². The molecule has 1 aromatic carbocycles. The van der Waals surface area contributed by atoms with Crippen LogP contribution in [0.4, 0.5) is 10.2 Å². The summed E-state index contributed by atoms with van der Waals surface area (Å²) in [5, 5.41) is 0.0423. The fourth-order valence-electron chi connectivity index (χ4n) is 2.02. The molecule has 0 fully saturated rings. The molecular weight excluding hydrogens is 269 g/mol. The monoisotopic (exact) mass is 279 g/mol. The van der Waals surface area contributed by atoms with E-state index in [0.29, 0.717) is 36.8 Å². The van der Waals surface area contributed by atoms with E-state index in [1.165, 1.54) is 12.1 Å². The minimum atomic E-state index is -0.468. The Morgan fingerprint density at radius 2 is 2.16 bits per heavy atom. The maximum absolute atomic E-state index is 13.2. The molecule has 4 nitrogen and oxygen atoms in total. The second-order valence-electron chi connectivity index (χ2n) is 4.29. The number of aromatic nitrogens is 2. The molecule has 0 saturated carbocycles. The SMILES string of the molecule is Nc1nc(-c2ccc(F)c(Cl)c2)nc2c1COCC2. The van der Waals surface area contributed by atoms with Crippen LogP contribution >= 0.6 is 11.6 Å². The van der Waals surface area contributed by atoms with Gasteiger partial charge in [0.2, 0.25) is 0 Å². The summed E-state index contributed by atoms with van der Waals surface area (Å²) in [7, 11) is 0. The highest BCUT2D eigenvalue weighted by Gasteiger charge is 2.17. The van der Waals surface area contributed by atoms with Crippen LogP contribution in [-0.2, 0) is 17.8 Å². The molecule has 0 radical (unpaired) electrons. The number of nitrogens with two attached hydrogens (primary N) is 1. The van der Waals surface area contributed by atoms with E-state index in [0.717, 1.165) is 11.3 Å². The quantitative estimate of drug-likeness (QED) is 0.871. The van der Waals surface area contributed by atoms with Gasteiger partial charge in [0.15, 0.2) is 5.82 Å². The van der Waals surface area contributed by atoms with Crippen molar-refractivity contribution in [1.82, 2.24) is 9.97 Å². The number of nitrogens with zero attached hydrogens (tertiary/aromatic N) is 2. The molecular formula is C13H11ClFN3O. The number of rotatable bonds is 1. The van der Waals surface area contributed by atoms with E-state index < -0.39 is 5.82 Å². The van der Waals surface area contributed by atoms with Crippen molar-refractivity contribution in [2.45, 2.75) is 13.0 Å². The van der Waals surface area contributed by atoms with Gasteiger partial charge in [0.25, 0.3) is 0 Å². The molecule has 0 bridgehead atoms. The van der Waals surface area contributed by atoms with Gasteiger partial charge in [-0.15, -0.1) is 0 Å². The number of benzene rings is 1. The maximum atomic E-state index is 13.2. The lowest BCUT2D eigenvalue weighted by Gasteiger charge is -2.17. The lowest BCUT2D eigenvalue weighted by molar-refractivity contribution is 0.109. The summed E-state index contributed by atoms with van der Waals surface area (Å²) < 4.78 is 18.5. The van der Waals surface area contributed by atoms with Crippen LogP contribution in [0.5, 0.6) is 0 Å². The number of anilines is 1. The molecule has 0 saturated heterocycles. The molecule has 2 heterocycles. The molecule has 0 aliphatic carbocycles. The van der Waals surface area contributed by atoms with Crippen molar-refractivity contribution in [3.8, 4) is 11.4 Å². The number of halogens is 2. The van der Waals surface area contributed by atoms with E-state index in [2.05, 4.69) is 9.97 Å². The van der Waals surface area contributed by atoms with Crippen molar-refractivity contribution in [2.24, 2.45) is 0 Å². The van der Waals surface area contributed by atoms with Crippen LogP contribution in [0, 0.1) is 5.82 Å². The maximum Gasteiger partial charge on any atom is 0.161 e. The average molecular weight is 280 g/mol. The number of nitrogen functional groups attached to an aromatic ring is 1. The Bertz CT molecular complexity index is 648. The predicted octanol–water partition coefficient (Wildman–Crippen LogP) is 2.59. The van der Waals surface area contributed by atoms with Crippen LogP contribution in [0.2, 0.25) is 5.02 Å². The summed E-state index contributed by atoms with van der Waals surface area (Å²) in [6.45, 7) is 1.05. The first-order chi connectivity index (χ1) is 9.15. The van der Waals surface area contributed by atoms with Crippen LogP contribution in [0.1, 0.15) is 11.3 Å². The lowest BCUT2D eigenvalue weighted by Crippen LogP contribution is -2.16. The fourth-order valence-corrected chi connectivity index (χ4v) is 2.20. The van der Waals surface area contributed by atoms with Gasteiger partial charge >= 0.3 is 0 Å². The number of ether oxygens (including phenoxy) is 1. The first-order valence-corrected chi connectivity index (χ1v) is 6.21. The van der Waals surface area contributed by atoms with Crippen molar-refractivity contribution in [3.05, 3.63) is 40.3 Å². The standard InChI is InChI=1S/C13H11ClFN3O/c14-9-5-7(1-2-10(9)15)13-17-11-3-4-19-6-8(11)12(16)18-13/h1-2,5H,3-4,6H2,(H2,16,17,18). The zero-order valence-corrected chi connectivity index (χ0v) is 10.7. The second kappa shape index (κ2) is 4.75. The smallest absolute Gasteiger partial charge is 0.161 e. The molecule has 3 rings (SSSR count). The largest absolute Gasteiger partial charge is 0.383 e. The number of hydrogen-bond donors (Lipinski definition) is 1. The Kier molecular flexibility index (Phi) is 3.08. The minimum Gasteiger partial charge on any atom is -0.383 e. The van der Waals surface area contributed by atoms with E-state index in [1.807, 2.05) is 0 Å². The third-order valence-electron chi connectivity index (χ3n) is 3.03. The molecule has 19 heavy (non-hydrogen) atoms. The van der Waals surface area contributed by atoms with Gasteiger partial charge < -0.3 is 10.5 Å². The van der Waals surface area contributed by atoms with E-state index in [1.54, 1.807) is 6.07 Å². The van der Waals surface area contributed by atoms with Gasteiger partial charge in [-0.1, -0.05) is 11.6 Å². The fraction of sp³-hybridized carbons (Fsp3) is 0.231. The van der Waals surface area contributed by atoms with Crippen LogP contribution in [-0.4, -0.2) is 16.6 Å². The van der Waals surface area contributed by atoms with E-state index in [4.69, 9.17) is 22.1 Å². The molecule has 0 unspecified atom stereocenters. The van der Waals surface area contributed by atoms with Crippen LogP contribution in [0.3, 0.4) is 0 Å². The molecule has 2 aromatic rings. The highest BCUT2D eigenvalue weighted by molar-refractivity contribution is 6.31. The molecule has 0 atom stereocenters. The van der Waals surface area contributed by atoms with Gasteiger partial charge in [-0.3, -0.25) is 0 Å². The zero-order valence-electron chi connectivity index (χ0n) is 9.99. The van der Waals surface area contributed by atoms with Gasteiger partial charge in [-0.05, 0) is 18.2 Å². The van der Waals surface area contributed by atoms with E-state index >= 15 is 0 Å². The van der Waals surface area contributed by atoms with Crippen LogP contribution < -0.4 is 5.73 Å². The Balaban J connectivity index is 2.10. The first-order valence-electron chi connectivity index (χ1n) is 5.83. The Labute approximate surface area is 114 Å². The lowest BCUT2D eigenvalue weighted by atomic mass is 10.1. The Morgan fingerprint density at radius 3 is 2.95 bits per heavy atom. The summed E-state index contributed by atoms with van der Waals surface area (Å²) in [4.78, 5) is 8.70. The predicted molar refractivity (Wildman–Crippen MR) is 70.2 cm³/mol. The highest BCUT2D eigenvalue weighted by atomic mass is 35.5. The van der Waals surface area contributed by atoms with Gasteiger partial charge in [-0.2, -0.15) is 0 Å². The average Bonchev–Trinajstić information content (AvgIpc) is 2.42. The van der Waals surface area contributed by atoms with E-state index in [9.17, 15) is 4.39 Å². The van der Waals surface area contributed by atoms with Gasteiger partial charge in [-0.25, -0.2) is 14.4 Å². The third kappa shape index (κ3) is 2.27. The van der Waals surface area contributed by atoms with Gasteiger partial charge in [0, 0.05) is 17.5 Å². The van der Waals surface area contributed by atoms with Gasteiger partial charge in [0.05, 0.1) is 23.9 Å². The van der Waals surface area contributed by atoms with Crippen molar-refractivity contribution in [1.29, 1.82) is 0 Å². The van der Waals surface area contributed by atoms with Gasteiger partial charge in [0.1, 0.15) is 11.6 Å². The Morgan fingerprint density at radius 1 is 1.32 bits per heavy atom.